The molecule has 0 radical (unpaired) electrons. The normalized spacial score (nSPS) is 10.9. The van der Waals surface area contributed by atoms with E-state index in [1.54, 1.807) is 11.3 Å². The van der Waals surface area contributed by atoms with Gasteiger partial charge in [0, 0.05) is 11.1 Å². The number of aryl methyl sites for hydroxylation is 1. The van der Waals surface area contributed by atoms with Gasteiger partial charge in [0.05, 0.1) is 0 Å². The monoisotopic (exact) mass is 184 g/mol. The third-order valence-electron chi connectivity index (χ3n) is 1.78. The minimum atomic E-state index is 0.689. The highest BCUT2D eigenvalue weighted by atomic mass is 32.1. The molecule has 0 bridgehead atoms. The summed E-state index contributed by atoms with van der Waals surface area (Å²) in [5, 5.41) is 0.689. The van der Waals surface area contributed by atoms with E-state index in [1.165, 1.54) is 17.7 Å². The van der Waals surface area contributed by atoms with Crippen LogP contribution in [0.25, 0.3) is 0 Å². The third-order valence-corrected chi connectivity index (χ3v) is 2.66. The molecule has 3 heteroatoms. The Morgan fingerprint density at radius 1 is 1.58 bits per heavy atom. The Morgan fingerprint density at radius 2 is 2.33 bits per heavy atom. The number of hydrogen-bond acceptors (Lipinski definition) is 3. The Labute approximate surface area is 77.8 Å². The summed E-state index contributed by atoms with van der Waals surface area (Å²) in [6.07, 6.45) is 5.56. The molecule has 1 heterocycles. The maximum Gasteiger partial charge on any atom is 0.180 e. The van der Waals surface area contributed by atoms with E-state index in [-0.39, 0.29) is 0 Å². The van der Waals surface area contributed by atoms with Gasteiger partial charge in [0.2, 0.25) is 0 Å². The second kappa shape index (κ2) is 4.45. The first-order chi connectivity index (χ1) is 5.68. The van der Waals surface area contributed by atoms with Crippen LogP contribution in [0.1, 0.15) is 31.6 Å². The van der Waals surface area contributed by atoms with Gasteiger partial charge in [0.15, 0.2) is 5.13 Å². The van der Waals surface area contributed by atoms with Crippen LogP contribution in [0.4, 0.5) is 5.13 Å². The predicted octanol–water partition coefficient (Wildman–Crippen LogP) is 2.70. The lowest BCUT2D eigenvalue weighted by Gasteiger charge is -2.01. The molecule has 2 nitrogen and oxygen atoms in total. The van der Waals surface area contributed by atoms with Crippen LogP contribution in [0.3, 0.4) is 0 Å². The SMILES string of the molecule is CC(C)CCCc1cnc(N)s1. The molecular formula is C9H16N2S. The lowest BCUT2D eigenvalue weighted by molar-refractivity contribution is 0.557. The van der Waals surface area contributed by atoms with Gasteiger partial charge in [-0.3, -0.25) is 0 Å². The fourth-order valence-corrected chi connectivity index (χ4v) is 1.85. The number of anilines is 1. The molecule has 2 N–H and O–H groups in total. The van der Waals surface area contributed by atoms with Crippen LogP contribution in [0.2, 0.25) is 0 Å². The van der Waals surface area contributed by atoms with Gasteiger partial charge in [-0.1, -0.05) is 20.3 Å². The van der Waals surface area contributed by atoms with E-state index in [9.17, 15) is 0 Å². The molecule has 0 aliphatic rings. The predicted molar refractivity (Wildman–Crippen MR) is 54.3 cm³/mol. The topological polar surface area (TPSA) is 38.9 Å². The van der Waals surface area contributed by atoms with Gasteiger partial charge in [-0.25, -0.2) is 4.98 Å². The minimum absolute atomic E-state index is 0.689. The van der Waals surface area contributed by atoms with Crippen LogP contribution in [0.15, 0.2) is 6.20 Å². The smallest absolute Gasteiger partial charge is 0.180 e. The molecule has 1 aromatic rings. The molecule has 0 unspecified atom stereocenters. The Kier molecular flexibility index (Phi) is 3.53. The van der Waals surface area contributed by atoms with Crippen LogP contribution in [0, 0.1) is 5.92 Å². The molecule has 0 aliphatic carbocycles. The van der Waals surface area contributed by atoms with Crippen LogP contribution in [-0.4, -0.2) is 4.98 Å². The fourth-order valence-electron chi connectivity index (χ4n) is 1.12. The standard InChI is InChI=1S/C9H16N2S/c1-7(2)4-3-5-8-6-11-9(10)12-8/h6-7H,3-5H2,1-2H3,(H2,10,11). The van der Waals surface area contributed by atoms with Gasteiger partial charge < -0.3 is 5.73 Å². The van der Waals surface area contributed by atoms with Gasteiger partial charge in [-0.2, -0.15) is 0 Å². The Bertz CT molecular complexity index is 230. The molecule has 0 spiro atoms. The molecule has 1 aromatic heterocycles. The molecule has 0 saturated carbocycles. The van der Waals surface area contributed by atoms with Gasteiger partial charge >= 0.3 is 0 Å². The van der Waals surface area contributed by atoms with Gasteiger partial charge in [0.25, 0.3) is 0 Å². The van der Waals surface area contributed by atoms with Crippen molar-refractivity contribution < 1.29 is 0 Å². The highest BCUT2D eigenvalue weighted by Crippen LogP contribution is 2.17. The summed E-state index contributed by atoms with van der Waals surface area (Å²) in [4.78, 5) is 5.32. The van der Waals surface area contributed by atoms with Crippen LogP contribution in [0.5, 0.6) is 0 Å². The number of nitrogens with zero attached hydrogens (tertiary/aromatic N) is 1. The van der Waals surface area contributed by atoms with Gasteiger partial charge in [-0.05, 0) is 18.8 Å². The van der Waals surface area contributed by atoms with Crippen molar-refractivity contribution in [2.24, 2.45) is 5.92 Å². The quantitative estimate of drug-likeness (QED) is 0.781. The van der Waals surface area contributed by atoms with E-state index >= 15 is 0 Å². The highest BCUT2D eigenvalue weighted by Gasteiger charge is 1.99. The summed E-state index contributed by atoms with van der Waals surface area (Å²) < 4.78 is 0. The summed E-state index contributed by atoms with van der Waals surface area (Å²) in [6, 6.07) is 0. The van der Waals surface area contributed by atoms with E-state index in [1.807, 2.05) is 6.20 Å². The van der Waals surface area contributed by atoms with Gasteiger partial charge in [-0.15, -0.1) is 11.3 Å². The summed E-state index contributed by atoms with van der Waals surface area (Å²) in [5.74, 6) is 0.801. The lowest BCUT2D eigenvalue weighted by Crippen LogP contribution is -1.88. The van der Waals surface area contributed by atoms with Crippen molar-refractivity contribution in [2.45, 2.75) is 33.1 Å². The molecule has 0 saturated heterocycles. The summed E-state index contributed by atoms with van der Waals surface area (Å²) in [6.45, 7) is 4.50. The summed E-state index contributed by atoms with van der Waals surface area (Å²) in [5.41, 5.74) is 5.52. The number of hydrogen-bond donors (Lipinski definition) is 1. The Morgan fingerprint density at radius 3 is 2.83 bits per heavy atom. The second-order valence-electron chi connectivity index (χ2n) is 3.45. The second-order valence-corrected chi connectivity index (χ2v) is 4.60. The molecule has 0 atom stereocenters. The van der Waals surface area contributed by atoms with Crippen molar-refractivity contribution in [1.82, 2.24) is 4.98 Å². The minimum Gasteiger partial charge on any atom is -0.375 e. The first kappa shape index (κ1) is 9.52. The van der Waals surface area contributed by atoms with E-state index in [2.05, 4.69) is 18.8 Å². The van der Waals surface area contributed by atoms with Crippen molar-refractivity contribution >= 4 is 16.5 Å². The first-order valence-electron chi connectivity index (χ1n) is 4.38. The fraction of sp³-hybridized carbons (Fsp3) is 0.667. The van der Waals surface area contributed by atoms with E-state index in [0.717, 1.165) is 12.3 Å². The molecule has 68 valence electrons. The zero-order chi connectivity index (χ0) is 8.97. The highest BCUT2D eigenvalue weighted by molar-refractivity contribution is 7.15. The largest absolute Gasteiger partial charge is 0.375 e. The van der Waals surface area contributed by atoms with Crippen LogP contribution >= 0.6 is 11.3 Å². The first-order valence-corrected chi connectivity index (χ1v) is 5.20. The molecule has 12 heavy (non-hydrogen) atoms. The van der Waals surface area contributed by atoms with Crippen LogP contribution in [-0.2, 0) is 6.42 Å². The number of rotatable bonds is 4. The summed E-state index contributed by atoms with van der Waals surface area (Å²) >= 11 is 1.61. The molecule has 0 fully saturated rings. The lowest BCUT2D eigenvalue weighted by atomic mass is 10.1. The van der Waals surface area contributed by atoms with E-state index in [4.69, 9.17) is 5.73 Å². The van der Waals surface area contributed by atoms with Crippen molar-refractivity contribution in [1.29, 1.82) is 0 Å². The molecule has 0 amide bonds. The summed E-state index contributed by atoms with van der Waals surface area (Å²) in [7, 11) is 0. The van der Waals surface area contributed by atoms with E-state index in [0.29, 0.717) is 5.13 Å². The van der Waals surface area contributed by atoms with Crippen molar-refractivity contribution in [2.75, 3.05) is 5.73 Å². The van der Waals surface area contributed by atoms with Crippen molar-refractivity contribution in [3.05, 3.63) is 11.1 Å². The number of thiazole rings is 1. The van der Waals surface area contributed by atoms with Crippen molar-refractivity contribution in [3.8, 4) is 0 Å². The molecular weight excluding hydrogens is 168 g/mol. The molecule has 0 aliphatic heterocycles. The molecule has 1 rings (SSSR count). The Balaban J connectivity index is 2.24. The number of aromatic nitrogens is 1. The van der Waals surface area contributed by atoms with Gasteiger partial charge in [0.1, 0.15) is 0 Å². The average molecular weight is 184 g/mol. The van der Waals surface area contributed by atoms with Crippen LogP contribution < -0.4 is 5.73 Å². The third kappa shape index (κ3) is 3.22. The average Bonchev–Trinajstić information content (AvgIpc) is 2.35. The van der Waals surface area contributed by atoms with Crippen molar-refractivity contribution in [3.63, 3.8) is 0 Å². The molecule has 0 aromatic carbocycles. The maximum absolute atomic E-state index is 5.52. The number of nitrogen functional groups attached to an aromatic ring is 1. The zero-order valence-corrected chi connectivity index (χ0v) is 8.53. The van der Waals surface area contributed by atoms with E-state index < -0.39 is 0 Å². The number of nitrogens with two attached hydrogens (primary N) is 1. The Hall–Kier alpha value is -0.570. The maximum atomic E-state index is 5.52. The zero-order valence-electron chi connectivity index (χ0n) is 7.71.